The molecule has 1 aliphatic rings. The van der Waals surface area contributed by atoms with Gasteiger partial charge in [0.05, 0.1) is 6.61 Å². The molecule has 0 amide bonds. The van der Waals surface area contributed by atoms with Gasteiger partial charge in [-0.3, -0.25) is 0 Å². The Bertz CT molecular complexity index is 233. The van der Waals surface area contributed by atoms with Crippen molar-refractivity contribution in [3.8, 4) is 0 Å². The van der Waals surface area contributed by atoms with E-state index in [0.29, 0.717) is 12.6 Å². The van der Waals surface area contributed by atoms with Crippen LogP contribution < -0.4 is 0 Å². The van der Waals surface area contributed by atoms with E-state index in [1.165, 1.54) is 0 Å². The molecule has 14 heavy (non-hydrogen) atoms. The van der Waals surface area contributed by atoms with Crippen molar-refractivity contribution in [1.82, 2.24) is 4.90 Å². The molecule has 0 bridgehead atoms. The Hall–Kier alpha value is -0.830. The Kier molecular flexibility index (Phi) is 4.14. The zero-order chi connectivity index (χ0) is 10.6. The zero-order valence-electron chi connectivity index (χ0n) is 9.25. The lowest BCUT2D eigenvalue weighted by molar-refractivity contribution is -0.138. The lowest BCUT2D eigenvalue weighted by Gasteiger charge is -2.25. The van der Waals surface area contributed by atoms with Crippen molar-refractivity contribution in [3.05, 3.63) is 11.6 Å². The molecule has 0 aliphatic heterocycles. The fraction of sp³-hybridized carbons (Fsp3) is 0.727. The number of rotatable bonds is 3. The van der Waals surface area contributed by atoms with Gasteiger partial charge in [0.25, 0.3) is 0 Å². The smallest absolute Gasteiger partial charge is 0.333 e. The second-order valence-corrected chi connectivity index (χ2v) is 3.84. The second kappa shape index (κ2) is 5.15. The van der Waals surface area contributed by atoms with Crippen LogP contribution in [0.15, 0.2) is 11.6 Å². The van der Waals surface area contributed by atoms with Crippen molar-refractivity contribution in [1.29, 1.82) is 0 Å². The van der Waals surface area contributed by atoms with Crippen molar-refractivity contribution < 1.29 is 9.53 Å². The fourth-order valence-corrected chi connectivity index (χ4v) is 1.70. The summed E-state index contributed by atoms with van der Waals surface area (Å²) in [5.74, 6) is -0.140. The highest BCUT2D eigenvalue weighted by atomic mass is 16.5. The fourth-order valence-electron chi connectivity index (χ4n) is 1.70. The maximum Gasteiger partial charge on any atom is 0.333 e. The summed E-state index contributed by atoms with van der Waals surface area (Å²) in [4.78, 5) is 13.6. The van der Waals surface area contributed by atoms with Crippen LogP contribution in [0.1, 0.15) is 26.2 Å². The highest BCUT2D eigenvalue weighted by molar-refractivity contribution is 5.88. The van der Waals surface area contributed by atoms with E-state index in [0.717, 1.165) is 24.8 Å². The van der Waals surface area contributed by atoms with Crippen LogP contribution in [-0.4, -0.2) is 37.6 Å². The van der Waals surface area contributed by atoms with Crippen molar-refractivity contribution in [2.24, 2.45) is 0 Å². The average Bonchev–Trinajstić information content (AvgIpc) is 2.18. The predicted octanol–water partition coefficient (Wildman–Crippen LogP) is 1.59. The second-order valence-electron chi connectivity index (χ2n) is 3.84. The minimum Gasteiger partial charge on any atom is -0.463 e. The molecule has 0 saturated carbocycles. The van der Waals surface area contributed by atoms with Gasteiger partial charge in [0.2, 0.25) is 0 Å². The van der Waals surface area contributed by atoms with Crippen LogP contribution in [0.2, 0.25) is 0 Å². The molecule has 1 aliphatic carbocycles. The van der Waals surface area contributed by atoms with Crippen LogP contribution in [0, 0.1) is 0 Å². The molecule has 0 saturated heterocycles. The van der Waals surface area contributed by atoms with E-state index in [4.69, 9.17) is 4.74 Å². The van der Waals surface area contributed by atoms with Gasteiger partial charge in [0, 0.05) is 11.6 Å². The third kappa shape index (κ3) is 2.84. The molecule has 0 aromatic heterocycles. The van der Waals surface area contributed by atoms with Crippen molar-refractivity contribution in [2.75, 3.05) is 20.7 Å². The number of nitrogens with zero attached hydrogens (tertiary/aromatic N) is 1. The topological polar surface area (TPSA) is 29.5 Å². The van der Waals surface area contributed by atoms with Crippen LogP contribution >= 0.6 is 0 Å². The third-order valence-corrected chi connectivity index (χ3v) is 2.54. The predicted molar refractivity (Wildman–Crippen MR) is 56.0 cm³/mol. The quantitative estimate of drug-likeness (QED) is 0.643. The molecule has 3 nitrogen and oxygen atoms in total. The van der Waals surface area contributed by atoms with E-state index >= 15 is 0 Å². The molecule has 0 radical (unpaired) electrons. The van der Waals surface area contributed by atoms with Crippen molar-refractivity contribution in [3.63, 3.8) is 0 Å². The standard InChI is InChI=1S/C11H19NO2/c1-4-14-11(13)9-6-5-7-10(8-9)12(2)3/h8,10H,4-7H2,1-3H3/t10-/m0/s1. The Morgan fingerprint density at radius 2 is 2.36 bits per heavy atom. The van der Waals surface area contributed by atoms with Gasteiger partial charge in [-0.15, -0.1) is 0 Å². The van der Waals surface area contributed by atoms with E-state index in [9.17, 15) is 4.79 Å². The number of ether oxygens (including phenoxy) is 1. The lowest BCUT2D eigenvalue weighted by Crippen LogP contribution is -2.29. The summed E-state index contributed by atoms with van der Waals surface area (Å²) in [5.41, 5.74) is 0.844. The van der Waals surface area contributed by atoms with E-state index < -0.39 is 0 Å². The van der Waals surface area contributed by atoms with E-state index in [-0.39, 0.29) is 5.97 Å². The highest BCUT2D eigenvalue weighted by Crippen LogP contribution is 2.21. The first-order chi connectivity index (χ1) is 6.65. The summed E-state index contributed by atoms with van der Waals surface area (Å²) >= 11 is 0. The van der Waals surface area contributed by atoms with Crippen LogP contribution in [-0.2, 0) is 9.53 Å². The molecule has 0 aromatic rings. The Morgan fingerprint density at radius 1 is 1.64 bits per heavy atom. The molecule has 0 unspecified atom stereocenters. The number of hydrogen-bond donors (Lipinski definition) is 0. The van der Waals surface area contributed by atoms with Gasteiger partial charge >= 0.3 is 5.97 Å². The maximum absolute atomic E-state index is 11.5. The van der Waals surface area contributed by atoms with Crippen molar-refractivity contribution in [2.45, 2.75) is 32.2 Å². The van der Waals surface area contributed by atoms with Gasteiger partial charge in [-0.1, -0.05) is 6.08 Å². The van der Waals surface area contributed by atoms with E-state index in [2.05, 4.69) is 4.90 Å². The first-order valence-corrected chi connectivity index (χ1v) is 5.19. The minimum atomic E-state index is -0.140. The summed E-state index contributed by atoms with van der Waals surface area (Å²) in [6.07, 6.45) is 5.12. The van der Waals surface area contributed by atoms with Crippen molar-refractivity contribution >= 4 is 5.97 Å². The summed E-state index contributed by atoms with van der Waals surface area (Å²) in [5, 5.41) is 0. The van der Waals surface area contributed by atoms with Gasteiger partial charge in [0.1, 0.15) is 0 Å². The Morgan fingerprint density at radius 3 is 2.93 bits per heavy atom. The number of likely N-dealkylation sites (N-methyl/N-ethyl adjacent to an activating group) is 1. The molecule has 0 heterocycles. The number of carbonyl (C=O) groups excluding carboxylic acids is 1. The molecule has 1 rings (SSSR count). The van der Waals surface area contributed by atoms with Crippen LogP contribution in [0.5, 0.6) is 0 Å². The van der Waals surface area contributed by atoms with Gasteiger partial charge in [-0.25, -0.2) is 4.79 Å². The number of hydrogen-bond acceptors (Lipinski definition) is 3. The molecular weight excluding hydrogens is 178 g/mol. The number of esters is 1. The van der Waals surface area contributed by atoms with Gasteiger partial charge in [-0.2, -0.15) is 0 Å². The van der Waals surface area contributed by atoms with Gasteiger partial charge < -0.3 is 9.64 Å². The molecule has 0 spiro atoms. The summed E-state index contributed by atoms with van der Waals surface area (Å²) in [7, 11) is 4.07. The van der Waals surface area contributed by atoms with Crippen LogP contribution in [0.25, 0.3) is 0 Å². The Balaban J connectivity index is 2.63. The SMILES string of the molecule is CCOC(=O)C1=C[C@@H](N(C)C)CCC1. The average molecular weight is 197 g/mol. The monoisotopic (exact) mass is 197 g/mol. The maximum atomic E-state index is 11.5. The minimum absolute atomic E-state index is 0.140. The summed E-state index contributed by atoms with van der Waals surface area (Å²) < 4.78 is 4.98. The molecule has 0 aromatic carbocycles. The molecule has 0 N–H and O–H groups in total. The molecule has 1 atom stereocenters. The normalized spacial score (nSPS) is 22.0. The van der Waals surface area contributed by atoms with Gasteiger partial charge in [0.15, 0.2) is 0 Å². The summed E-state index contributed by atoms with van der Waals surface area (Å²) in [6.45, 7) is 2.30. The highest BCUT2D eigenvalue weighted by Gasteiger charge is 2.19. The summed E-state index contributed by atoms with van der Waals surface area (Å²) in [6, 6.07) is 0.392. The van der Waals surface area contributed by atoms with E-state index in [1.807, 2.05) is 27.1 Å². The third-order valence-electron chi connectivity index (χ3n) is 2.54. The van der Waals surface area contributed by atoms with Crippen LogP contribution in [0.4, 0.5) is 0 Å². The largest absolute Gasteiger partial charge is 0.463 e. The first-order valence-electron chi connectivity index (χ1n) is 5.19. The number of carbonyl (C=O) groups is 1. The van der Waals surface area contributed by atoms with Gasteiger partial charge in [-0.05, 0) is 40.3 Å². The molecule has 80 valence electrons. The first kappa shape index (κ1) is 11.2. The lowest BCUT2D eigenvalue weighted by atomic mass is 9.95. The molecular formula is C11H19NO2. The molecule has 0 fully saturated rings. The van der Waals surface area contributed by atoms with E-state index in [1.54, 1.807) is 0 Å². The van der Waals surface area contributed by atoms with Crippen LogP contribution in [0.3, 0.4) is 0 Å². The molecule has 3 heteroatoms. The zero-order valence-corrected chi connectivity index (χ0v) is 9.25. The Labute approximate surface area is 85.7 Å².